The molecule has 0 bridgehead atoms. The van der Waals surface area contributed by atoms with Crippen LogP contribution in [0.25, 0.3) is 0 Å². The van der Waals surface area contributed by atoms with Crippen LogP contribution < -0.4 is 15.9 Å². The van der Waals surface area contributed by atoms with Gasteiger partial charge in [-0.2, -0.15) is 0 Å². The number of hydrogen-bond acceptors (Lipinski definition) is 6. The Labute approximate surface area is 147 Å². The van der Waals surface area contributed by atoms with Crippen LogP contribution in [0.5, 0.6) is 0 Å². The van der Waals surface area contributed by atoms with Gasteiger partial charge in [0.05, 0.1) is 5.69 Å². The van der Waals surface area contributed by atoms with E-state index in [1.54, 1.807) is 25.6 Å². The largest absolute Gasteiger partial charge is 0.339 e. The minimum Gasteiger partial charge on any atom is -0.339 e. The fourth-order valence-corrected chi connectivity index (χ4v) is 3.57. The molecule has 0 atom stereocenters. The molecular formula is C18H20N5OP. The highest BCUT2D eigenvalue weighted by Crippen LogP contribution is 2.38. The summed E-state index contributed by atoms with van der Waals surface area (Å²) >= 11 is 0. The summed E-state index contributed by atoms with van der Waals surface area (Å²) in [4.78, 5) is 12.7. The number of nitrogens with zero attached hydrogens (tertiary/aromatic N) is 3. The van der Waals surface area contributed by atoms with Gasteiger partial charge >= 0.3 is 0 Å². The molecule has 3 aromatic rings. The zero-order valence-corrected chi connectivity index (χ0v) is 15.3. The lowest BCUT2D eigenvalue weighted by Crippen LogP contribution is -2.10. The Kier molecular flexibility index (Phi) is 4.81. The lowest BCUT2D eigenvalue weighted by atomic mass is 10.3. The van der Waals surface area contributed by atoms with Crippen LogP contribution in [0.4, 0.5) is 23.1 Å². The highest BCUT2D eigenvalue weighted by Gasteiger charge is 2.15. The second-order valence-electron chi connectivity index (χ2n) is 6.12. The molecule has 2 N–H and O–H groups in total. The van der Waals surface area contributed by atoms with E-state index in [0.29, 0.717) is 11.6 Å². The molecule has 0 spiro atoms. The van der Waals surface area contributed by atoms with Gasteiger partial charge in [-0.05, 0) is 50.1 Å². The Bertz CT molecular complexity index is 938. The Morgan fingerprint density at radius 2 is 1.56 bits per heavy atom. The summed E-state index contributed by atoms with van der Waals surface area (Å²) < 4.78 is 12.5. The van der Waals surface area contributed by atoms with Crippen LogP contribution in [-0.4, -0.2) is 28.3 Å². The number of aromatic nitrogens is 3. The van der Waals surface area contributed by atoms with Gasteiger partial charge in [-0.3, -0.25) is 0 Å². The van der Waals surface area contributed by atoms with Crippen molar-refractivity contribution in [1.82, 2.24) is 15.0 Å². The molecule has 25 heavy (non-hydrogen) atoms. The van der Waals surface area contributed by atoms with E-state index in [1.165, 1.54) is 6.33 Å². The van der Waals surface area contributed by atoms with Crippen molar-refractivity contribution in [1.29, 1.82) is 0 Å². The second kappa shape index (κ2) is 7.03. The molecule has 0 saturated carbocycles. The monoisotopic (exact) mass is 353 g/mol. The molecule has 0 aliphatic rings. The lowest BCUT2D eigenvalue weighted by Gasteiger charge is -2.15. The van der Waals surface area contributed by atoms with E-state index < -0.39 is 7.14 Å². The fraction of sp³-hybridized carbons (Fsp3) is 0.167. The Morgan fingerprint density at radius 1 is 0.880 bits per heavy atom. The van der Waals surface area contributed by atoms with Gasteiger partial charge in [0, 0.05) is 17.6 Å². The third-order valence-corrected chi connectivity index (χ3v) is 5.14. The Hall–Kier alpha value is -2.72. The van der Waals surface area contributed by atoms with E-state index >= 15 is 0 Å². The number of benzene rings is 1. The van der Waals surface area contributed by atoms with Gasteiger partial charge < -0.3 is 15.2 Å². The molecule has 0 saturated heterocycles. The zero-order valence-electron chi connectivity index (χ0n) is 14.4. The highest BCUT2D eigenvalue weighted by molar-refractivity contribution is 7.70. The predicted molar refractivity (Wildman–Crippen MR) is 103 cm³/mol. The quantitative estimate of drug-likeness (QED) is 0.677. The van der Waals surface area contributed by atoms with Crippen LogP contribution in [0.15, 0.2) is 55.0 Å². The van der Waals surface area contributed by atoms with E-state index in [2.05, 4.69) is 25.6 Å². The van der Waals surface area contributed by atoms with Crippen LogP contribution >= 0.6 is 7.14 Å². The molecule has 0 radical (unpaired) electrons. The minimum atomic E-state index is -2.40. The number of rotatable bonds is 5. The van der Waals surface area contributed by atoms with E-state index in [4.69, 9.17) is 0 Å². The van der Waals surface area contributed by atoms with Crippen LogP contribution in [-0.2, 0) is 4.57 Å². The molecule has 128 valence electrons. The molecule has 0 aliphatic carbocycles. The molecule has 0 fully saturated rings. The summed E-state index contributed by atoms with van der Waals surface area (Å²) in [5.41, 5.74) is 1.90. The smallest absolute Gasteiger partial charge is 0.137 e. The summed E-state index contributed by atoms with van der Waals surface area (Å²) in [6.07, 6.45) is 3.22. The molecule has 0 aliphatic heterocycles. The summed E-state index contributed by atoms with van der Waals surface area (Å²) in [6, 6.07) is 13.2. The first-order valence-electron chi connectivity index (χ1n) is 7.85. The first-order chi connectivity index (χ1) is 11.9. The molecule has 2 aromatic heterocycles. The number of anilines is 4. The summed E-state index contributed by atoms with van der Waals surface area (Å²) in [7, 11) is -2.40. The van der Waals surface area contributed by atoms with Crippen molar-refractivity contribution in [3.63, 3.8) is 0 Å². The van der Waals surface area contributed by atoms with E-state index in [9.17, 15) is 4.57 Å². The van der Waals surface area contributed by atoms with E-state index in [0.717, 1.165) is 22.4 Å². The zero-order chi connectivity index (χ0) is 17.9. The number of nitrogens with one attached hydrogen (secondary N) is 2. The van der Waals surface area contributed by atoms with Gasteiger partial charge in [0.1, 0.15) is 30.9 Å². The van der Waals surface area contributed by atoms with Crippen LogP contribution in [0.2, 0.25) is 0 Å². The van der Waals surface area contributed by atoms with Gasteiger partial charge in [0.25, 0.3) is 0 Å². The fourth-order valence-electron chi connectivity index (χ4n) is 2.42. The van der Waals surface area contributed by atoms with Gasteiger partial charge in [0.15, 0.2) is 0 Å². The summed E-state index contributed by atoms with van der Waals surface area (Å²) in [6.45, 7) is 5.51. The van der Waals surface area contributed by atoms with Crippen LogP contribution in [0, 0.1) is 6.92 Å². The molecular weight excluding hydrogens is 333 g/mol. The molecule has 0 amide bonds. The molecule has 0 unspecified atom stereocenters. The molecule has 6 nitrogen and oxygen atoms in total. The van der Waals surface area contributed by atoms with Gasteiger partial charge in [-0.25, -0.2) is 15.0 Å². The normalized spacial score (nSPS) is 11.2. The third-order valence-electron chi connectivity index (χ3n) is 3.59. The van der Waals surface area contributed by atoms with E-state index in [1.807, 2.05) is 43.3 Å². The van der Waals surface area contributed by atoms with Gasteiger partial charge in [0.2, 0.25) is 0 Å². The predicted octanol–water partition coefficient (Wildman–Crippen LogP) is 3.92. The van der Waals surface area contributed by atoms with Crippen molar-refractivity contribution in [3.05, 3.63) is 60.6 Å². The minimum absolute atomic E-state index is 0.617. The topological polar surface area (TPSA) is 79.8 Å². The first kappa shape index (κ1) is 17.1. The van der Waals surface area contributed by atoms with Crippen molar-refractivity contribution in [2.24, 2.45) is 0 Å². The van der Waals surface area contributed by atoms with Crippen molar-refractivity contribution < 1.29 is 4.57 Å². The Morgan fingerprint density at radius 3 is 2.28 bits per heavy atom. The summed E-state index contributed by atoms with van der Waals surface area (Å²) in [5.74, 6) is 1.96. The standard InChI is InChI=1S/C18H20N5OP/c1-13-8-9-19-16(10-13)23-18-11-17(20-12-21-18)22-14-6-4-5-7-15(14)25(2,3)24/h4-12H,1-3H3,(H2,19,20,21,22,23). The summed E-state index contributed by atoms with van der Waals surface area (Å²) in [5, 5.41) is 7.19. The Balaban J connectivity index is 1.85. The van der Waals surface area contributed by atoms with Crippen molar-refractivity contribution in [3.8, 4) is 0 Å². The second-order valence-corrected chi connectivity index (χ2v) is 9.31. The van der Waals surface area contributed by atoms with Crippen molar-refractivity contribution in [2.75, 3.05) is 24.0 Å². The maximum Gasteiger partial charge on any atom is 0.137 e. The lowest BCUT2D eigenvalue weighted by molar-refractivity contribution is 0.588. The highest BCUT2D eigenvalue weighted by atomic mass is 31.2. The first-order valence-corrected chi connectivity index (χ1v) is 10.5. The molecule has 1 aromatic carbocycles. The number of para-hydroxylation sites is 1. The van der Waals surface area contributed by atoms with E-state index in [-0.39, 0.29) is 0 Å². The van der Waals surface area contributed by atoms with Crippen LogP contribution in [0.1, 0.15) is 5.56 Å². The molecule has 2 heterocycles. The average Bonchev–Trinajstić information content (AvgIpc) is 2.55. The van der Waals surface area contributed by atoms with Gasteiger partial charge in [-0.15, -0.1) is 0 Å². The number of aryl methyl sites for hydroxylation is 1. The average molecular weight is 353 g/mol. The molecule has 3 rings (SSSR count). The third kappa shape index (κ3) is 4.43. The van der Waals surface area contributed by atoms with Crippen molar-refractivity contribution in [2.45, 2.75) is 6.92 Å². The number of pyridine rings is 1. The molecule has 7 heteroatoms. The maximum atomic E-state index is 12.5. The SMILES string of the molecule is Cc1ccnc(Nc2cc(Nc3ccccc3P(C)(C)=O)ncn2)c1. The maximum absolute atomic E-state index is 12.5. The number of hydrogen-bond donors (Lipinski definition) is 2. The van der Waals surface area contributed by atoms with Gasteiger partial charge in [-0.1, -0.05) is 12.1 Å². The van der Waals surface area contributed by atoms with Crippen molar-refractivity contribution >= 4 is 35.6 Å². The van der Waals surface area contributed by atoms with Crippen LogP contribution in [0.3, 0.4) is 0 Å².